The highest BCUT2D eigenvalue weighted by Gasteiger charge is 2.23. The van der Waals surface area contributed by atoms with Crippen LogP contribution in [0.15, 0.2) is 24.3 Å². The molecule has 1 amide bonds. The summed E-state index contributed by atoms with van der Waals surface area (Å²) in [5.74, 6) is 1.13. The third-order valence-corrected chi connectivity index (χ3v) is 4.90. The van der Waals surface area contributed by atoms with E-state index in [1.165, 1.54) is 37.7 Å². The molecule has 1 fully saturated rings. The molecule has 0 radical (unpaired) electrons. The molecule has 1 aromatic rings. The lowest BCUT2D eigenvalue weighted by Crippen LogP contribution is -2.35. The molecule has 1 aliphatic heterocycles. The minimum Gasteiger partial charge on any atom is -0.312 e. The fourth-order valence-corrected chi connectivity index (χ4v) is 3.73. The maximum atomic E-state index is 12.5. The third kappa shape index (κ3) is 3.05. The van der Waals surface area contributed by atoms with Gasteiger partial charge in [0.2, 0.25) is 5.91 Å². The van der Waals surface area contributed by atoms with E-state index in [4.69, 9.17) is 0 Å². The second-order valence-electron chi connectivity index (χ2n) is 6.32. The number of aryl methyl sites for hydroxylation is 1. The van der Waals surface area contributed by atoms with Gasteiger partial charge in [0.05, 0.1) is 0 Å². The zero-order valence-corrected chi connectivity index (χ0v) is 12.3. The molecular weight excluding hydrogens is 246 g/mol. The van der Waals surface area contributed by atoms with Crippen molar-refractivity contribution in [3.63, 3.8) is 0 Å². The first-order chi connectivity index (χ1) is 9.84. The van der Waals surface area contributed by atoms with Crippen molar-refractivity contribution in [1.29, 1.82) is 0 Å². The van der Waals surface area contributed by atoms with E-state index in [1.54, 1.807) is 0 Å². The standard InChI is InChI=1S/C18H25NO/c20-18(13-12-15-7-2-1-3-8-15)19-14-6-10-16-9-4-5-11-17(16)19/h4-5,9,11,15H,1-3,6-8,10,12-14H2. The SMILES string of the molecule is O=C(CCC1CCCCC1)N1CCCc2ccccc21. The number of carbonyl (C=O) groups excluding carboxylic acids is 1. The Kier molecular flexibility index (Phi) is 4.39. The first kappa shape index (κ1) is 13.7. The second-order valence-corrected chi connectivity index (χ2v) is 6.32. The number of hydrogen-bond donors (Lipinski definition) is 0. The van der Waals surface area contributed by atoms with Gasteiger partial charge in [-0.25, -0.2) is 0 Å². The predicted molar refractivity (Wildman–Crippen MR) is 82.9 cm³/mol. The average molecular weight is 271 g/mol. The molecular formula is C18H25NO. The molecule has 2 aliphatic rings. The van der Waals surface area contributed by atoms with E-state index in [9.17, 15) is 4.79 Å². The number of nitrogens with zero attached hydrogens (tertiary/aromatic N) is 1. The van der Waals surface area contributed by atoms with Gasteiger partial charge >= 0.3 is 0 Å². The molecule has 0 aromatic heterocycles. The van der Waals surface area contributed by atoms with Gasteiger partial charge < -0.3 is 4.90 Å². The monoisotopic (exact) mass is 271 g/mol. The van der Waals surface area contributed by atoms with E-state index in [1.807, 2.05) is 11.0 Å². The lowest BCUT2D eigenvalue weighted by atomic mass is 9.86. The average Bonchev–Trinajstić information content (AvgIpc) is 2.53. The van der Waals surface area contributed by atoms with Crippen molar-refractivity contribution in [1.82, 2.24) is 0 Å². The molecule has 1 heterocycles. The molecule has 3 rings (SSSR count). The van der Waals surface area contributed by atoms with Crippen LogP contribution in [0, 0.1) is 5.92 Å². The number of carbonyl (C=O) groups is 1. The van der Waals surface area contributed by atoms with E-state index >= 15 is 0 Å². The molecule has 1 aromatic carbocycles. The van der Waals surface area contributed by atoms with Gasteiger partial charge in [-0.1, -0.05) is 50.3 Å². The predicted octanol–water partition coefficient (Wildman–Crippen LogP) is 4.33. The van der Waals surface area contributed by atoms with Crippen LogP contribution in [0.5, 0.6) is 0 Å². The number of fused-ring (bicyclic) bond motifs is 1. The van der Waals surface area contributed by atoms with Crippen LogP contribution in [0.3, 0.4) is 0 Å². The Balaban J connectivity index is 1.60. The highest BCUT2D eigenvalue weighted by molar-refractivity contribution is 5.94. The first-order valence-electron chi connectivity index (χ1n) is 8.23. The van der Waals surface area contributed by atoms with Gasteiger partial charge in [-0.15, -0.1) is 0 Å². The molecule has 20 heavy (non-hydrogen) atoms. The van der Waals surface area contributed by atoms with Gasteiger partial charge in [0, 0.05) is 18.7 Å². The van der Waals surface area contributed by atoms with Crippen LogP contribution >= 0.6 is 0 Å². The zero-order valence-electron chi connectivity index (χ0n) is 12.3. The molecule has 2 heteroatoms. The lowest BCUT2D eigenvalue weighted by molar-refractivity contribution is -0.119. The van der Waals surface area contributed by atoms with Crippen LogP contribution in [-0.2, 0) is 11.2 Å². The summed E-state index contributed by atoms with van der Waals surface area (Å²) in [6, 6.07) is 8.39. The zero-order chi connectivity index (χ0) is 13.8. The van der Waals surface area contributed by atoms with Crippen molar-refractivity contribution in [3.05, 3.63) is 29.8 Å². The summed E-state index contributed by atoms with van der Waals surface area (Å²) in [4.78, 5) is 14.6. The largest absolute Gasteiger partial charge is 0.312 e. The van der Waals surface area contributed by atoms with Crippen LogP contribution in [0.2, 0.25) is 0 Å². The normalized spacial score (nSPS) is 19.7. The lowest BCUT2D eigenvalue weighted by Gasteiger charge is -2.30. The number of amides is 1. The summed E-state index contributed by atoms with van der Waals surface area (Å²) in [7, 11) is 0. The highest BCUT2D eigenvalue weighted by Crippen LogP contribution is 2.30. The van der Waals surface area contributed by atoms with Crippen LogP contribution in [0.1, 0.15) is 56.9 Å². The maximum absolute atomic E-state index is 12.5. The van der Waals surface area contributed by atoms with Crippen LogP contribution in [-0.4, -0.2) is 12.5 Å². The summed E-state index contributed by atoms with van der Waals surface area (Å²) in [5, 5.41) is 0. The smallest absolute Gasteiger partial charge is 0.226 e. The molecule has 108 valence electrons. The van der Waals surface area contributed by atoms with E-state index in [-0.39, 0.29) is 0 Å². The summed E-state index contributed by atoms with van der Waals surface area (Å²) < 4.78 is 0. The summed E-state index contributed by atoms with van der Waals surface area (Å²) in [6.07, 6.45) is 10.8. The molecule has 0 saturated heterocycles. The quantitative estimate of drug-likeness (QED) is 0.801. The molecule has 0 spiro atoms. The Bertz CT molecular complexity index is 462. The van der Waals surface area contributed by atoms with Gasteiger partial charge in [-0.3, -0.25) is 4.79 Å². The number of anilines is 1. The van der Waals surface area contributed by atoms with Crippen molar-refractivity contribution in [3.8, 4) is 0 Å². The first-order valence-corrected chi connectivity index (χ1v) is 8.23. The van der Waals surface area contributed by atoms with E-state index in [2.05, 4.69) is 18.2 Å². The Morgan fingerprint density at radius 3 is 2.75 bits per heavy atom. The van der Waals surface area contributed by atoms with Crippen LogP contribution in [0.4, 0.5) is 5.69 Å². The van der Waals surface area contributed by atoms with E-state index in [0.717, 1.165) is 43.8 Å². The van der Waals surface area contributed by atoms with Gasteiger partial charge in [-0.2, -0.15) is 0 Å². The molecule has 0 N–H and O–H groups in total. The van der Waals surface area contributed by atoms with Crippen LogP contribution in [0.25, 0.3) is 0 Å². The fraction of sp³-hybridized carbons (Fsp3) is 0.611. The van der Waals surface area contributed by atoms with Crippen molar-refractivity contribution in [2.24, 2.45) is 5.92 Å². The number of hydrogen-bond acceptors (Lipinski definition) is 1. The van der Waals surface area contributed by atoms with Gasteiger partial charge in [0.15, 0.2) is 0 Å². The van der Waals surface area contributed by atoms with E-state index < -0.39 is 0 Å². The van der Waals surface area contributed by atoms with Crippen molar-refractivity contribution < 1.29 is 4.79 Å². The van der Waals surface area contributed by atoms with Gasteiger partial charge in [0.25, 0.3) is 0 Å². The Morgan fingerprint density at radius 2 is 1.90 bits per heavy atom. The third-order valence-electron chi connectivity index (χ3n) is 4.90. The fourth-order valence-electron chi connectivity index (χ4n) is 3.73. The van der Waals surface area contributed by atoms with E-state index in [0.29, 0.717) is 5.91 Å². The summed E-state index contributed by atoms with van der Waals surface area (Å²) in [5.41, 5.74) is 2.50. The minimum absolute atomic E-state index is 0.336. The second kappa shape index (κ2) is 6.43. The Morgan fingerprint density at radius 1 is 1.10 bits per heavy atom. The molecule has 0 atom stereocenters. The molecule has 1 aliphatic carbocycles. The Hall–Kier alpha value is -1.31. The number of rotatable bonds is 3. The number of benzene rings is 1. The molecule has 0 unspecified atom stereocenters. The minimum atomic E-state index is 0.336. The van der Waals surface area contributed by atoms with Crippen molar-refractivity contribution >= 4 is 11.6 Å². The highest BCUT2D eigenvalue weighted by atomic mass is 16.2. The summed E-state index contributed by atoms with van der Waals surface area (Å²) >= 11 is 0. The molecule has 2 nitrogen and oxygen atoms in total. The van der Waals surface area contributed by atoms with Crippen molar-refractivity contribution in [2.45, 2.75) is 57.8 Å². The van der Waals surface area contributed by atoms with Gasteiger partial charge in [-0.05, 0) is 36.8 Å². The maximum Gasteiger partial charge on any atom is 0.226 e. The van der Waals surface area contributed by atoms with Crippen LogP contribution < -0.4 is 4.90 Å². The summed E-state index contributed by atoms with van der Waals surface area (Å²) in [6.45, 7) is 0.903. The van der Waals surface area contributed by atoms with Crippen molar-refractivity contribution in [2.75, 3.05) is 11.4 Å². The molecule has 1 saturated carbocycles. The van der Waals surface area contributed by atoms with Gasteiger partial charge in [0.1, 0.15) is 0 Å². The topological polar surface area (TPSA) is 20.3 Å². The Labute approximate surface area is 122 Å². The molecule has 0 bridgehead atoms. The number of para-hydroxylation sites is 1.